The molecule has 0 atom stereocenters. The highest BCUT2D eigenvalue weighted by Gasteiger charge is 2.31. The number of benzene rings is 2. The molecule has 8 rings (SSSR count). The van der Waals surface area contributed by atoms with Gasteiger partial charge < -0.3 is 24.5 Å². The van der Waals surface area contributed by atoms with Crippen LogP contribution in [0.4, 0.5) is 0 Å². The summed E-state index contributed by atoms with van der Waals surface area (Å²) in [5.41, 5.74) is 15.7. The van der Waals surface area contributed by atoms with E-state index < -0.39 is 0 Å². The van der Waals surface area contributed by atoms with E-state index in [1.165, 1.54) is 59.8 Å². The first-order chi connectivity index (χ1) is 29.9. The van der Waals surface area contributed by atoms with Gasteiger partial charge in [-0.05, 0) is 77.9 Å². The molecule has 0 unspecified atom stereocenters. The molecule has 1 aliphatic carbocycles. The molecule has 342 valence electrons. The zero-order valence-electron chi connectivity index (χ0n) is 41.2. The third kappa shape index (κ3) is 11.6. The maximum Gasteiger partial charge on any atom is 0.273 e. The molecule has 6 aliphatic rings. The Bertz CT molecular complexity index is 2330. The molecule has 4 fully saturated rings. The minimum Gasteiger partial charge on any atom is -0.343 e. The van der Waals surface area contributed by atoms with Gasteiger partial charge in [0.2, 0.25) is 0 Å². The van der Waals surface area contributed by atoms with E-state index >= 15 is 0 Å². The van der Waals surface area contributed by atoms with Crippen molar-refractivity contribution in [2.45, 2.75) is 53.9 Å². The Morgan fingerprint density at radius 3 is 1.34 bits per heavy atom. The first-order valence-corrected chi connectivity index (χ1v) is 24.1. The number of nitrogens with zero attached hydrogens (tertiary/aromatic N) is 7. The van der Waals surface area contributed by atoms with E-state index in [0.717, 1.165) is 86.7 Å². The summed E-state index contributed by atoms with van der Waals surface area (Å²) in [6.45, 7) is 58.2. The Morgan fingerprint density at radius 2 is 0.969 bits per heavy atom. The first-order valence-electron chi connectivity index (χ1n) is 21.3. The van der Waals surface area contributed by atoms with Crippen LogP contribution in [0.2, 0.25) is 0 Å². The lowest BCUT2D eigenvalue weighted by atomic mass is 9.90. The Balaban J connectivity index is 0.000000215. The van der Waals surface area contributed by atoms with Gasteiger partial charge in [-0.3, -0.25) is 0 Å². The number of hydrogen-bond donors (Lipinski definition) is 0. The summed E-state index contributed by atoms with van der Waals surface area (Å²) >= 11 is 5.26. The van der Waals surface area contributed by atoms with Crippen LogP contribution in [0, 0.1) is 13.8 Å². The minimum atomic E-state index is 0.839. The minimum absolute atomic E-state index is 0.839. The Morgan fingerprint density at radius 1 is 0.516 bits per heavy atom. The van der Waals surface area contributed by atoms with Crippen LogP contribution in [0.15, 0.2) is 169 Å². The molecule has 10 heteroatoms. The van der Waals surface area contributed by atoms with E-state index in [4.69, 9.17) is 0 Å². The van der Waals surface area contributed by atoms with Crippen molar-refractivity contribution in [3.05, 3.63) is 191 Å². The van der Waals surface area contributed by atoms with Crippen molar-refractivity contribution in [2.75, 3.05) is 60.8 Å². The van der Waals surface area contributed by atoms with Crippen molar-refractivity contribution < 1.29 is 4.58 Å². The summed E-state index contributed by atoms with van der Waals surface area (Å²) in [6.07, 6.45) is 2.71. The molecule has 0 N–H and O–H groups in total. The first kappa shape index (κ1) is 53.2. The molecule has 7 nitrogen and oxygen atoms in total. The second kappa shape index (κ2) is 22.6. The number of rotatable bonds is 0. The smallest absolute Gasteiger partial charge is 0.273 e. The standard InChI is InChI=1S/C17H16.C11H14N2S2.C9H15N2.C9H14N2.C6H9NS.C2H6/c1-10-9-11(2)17-13(4)15-8-6-5-7-14(15)12(3)16(10)17;1-7-6-14-11(12(7)4)10-8(2)13(5)9(3)15-10;2*1-7-6-8(2)11(5)9(3)10(7)4;1-5-4-8-6(2)7(5)3;1-2/h5-8H,1-2,9H2,3-4H3;1-3,6H2,4-5H3;1,3,6H2,2,4-5H3;1-3,6H2,4-5H3;1-2,4H2,3H3;1-2H3/q;;+1;;;/b;11-10-;;;;. The average Bonchev–Trinajstić information content (AvgIpc) is 3.96. The lowest BCUT2D eigenvalue weighted by Crippen LogP contribution is -2.33. The zero-order valence-corrected chi connectivity index (χ0v) is 43.6. The van der Waals surface area contributed by atoms with Gasteiger partial charge in [0.25, 0.3) is 5.82 Å². The number of aryl methyl sites for hydroxylation is 2. The molecule has 2 aromatic rings. The zero-order chi connectivity index (χ0) is 48.7. The van der Waals surface area contributed by atoms with Crippen LogP contribution in [-0.4, -0.2) is 101 Å². The topological polar surface area (TPSA) is 22.5 Å². The lowest BCUT2D eigenvalue weighted by molar-refractivity contribution is -0.466. The fourth-order valence-electron chi connectivity index (χ4n) is 7.28. The molecular weight excluding hydrogens is 843 g/mol. The predicted molar refractivity (Wildman–Crippen MR) is 291 cm³/mol. The van der Waals surface area contributed by atoms with Crippen LogP contribution in [0.1, 0.15) is 62.3 Å². The number of allylic oxidation sites excluding steroid dienone is 3. The fraction of sp³-hybridized carbons (Fsp3) is 0.315. The summed E-state index contributed by atoms with van der Waals surface area (Å²) in [5.74, 6) is 3.92. The van der Waals surface area contributed by atoms with Gasteiger partial charge in [-0.2, -0.15) is 0 Å². The Kier molecular flexibility index (Phi) is 18.8. The van der Waals surface area contributed by atoms with E-state index in [1.807, 2.05) is 92.4 Å². The molecular formula is C54H74N7S3+. The highest BCUT2D eigenvalue weighted by atomic mass is 32.2. The van der Waals surface area contributed by atoms with Crippen molar-refractivity contribution in [1.82, 2.24) is 29.4 Å². The van der Waals surface area contributed by atoms with Gasteiger partial charge in [-0.25, -0.2) is 9.48 Å². The second-order valence-electron chi connectivity index (χ2n) is 16.1. The van der Waals surface area contributed by atoms with Crippen molar-refractivity contribution >= 4 is 62.9 Å². The van der Waals surface area contributed by atoms with E-state index in [2.05, 4.69) is 141 Å². The van der Waals surface area contributed by atoms with E-state index in [0.29, 0.717) is 0 Å². The molecule has 5 aliphatic heterocycles. The predicted octanol–water partition coefficient (Wildman–Crippen LogP) is 13.7. The third-order valence-corrected chi connectivity index (χ3v) is 15.7. The van der Waals surface area contributed by atoms with E-state index in [1.54, 1.807) is 23.5 Å². The maximum atomic E-state index is 4.19. The summed E-state index contributed by atoms with van der Waals surface area (Å²) in [4.78, 5) is 13.4. The highest BCUT2D eigenvalue weighted by Crippen LogP contribution is 2.49. The van der Waals surface area contributed by atoms with Crippen molar-refractivity contribution in [3.8, 4) is 0 Å². The number of thioether (sulfide) groups is 3. The third-order valence-electron chi connectivity index (χ3n) is 12.1. The summed E-state index contributed by atoms with van der Waals surface area (Å²) in [5, 5.41) is 6.09. The van der Waals surface area contributed by atoms with Crippen LogP contribution in [0.3, 0.4) is 0 Å². The average molecular weight is 917 g/mol. The van der Waals surface area contributed by atoms with E-state index in [-0.39, 0.29) is 0 Å². The van der Waals surface area contributed by atoms with Crippen LogP contribution >= 0.6 is 35.3 Å². The molecule has 0 saturated carbocycles. The molecule has 64 heavy (non-hydrogen) atoms. The van der Waals surface area contributed by atoms with Crippen LogP contribution < -0.4 is 0 Å². The van der Waals surface area contributed by atoms with Crippen LogP contribution in [0.25, 0.3) is 21.9 Å². The fourth-order valence-corrected chi connectivity index (χ4v) is 10.5. The summed E-state index contributed by atoms with van der Waals surface area (Å²) in [6, 6.07) is 8.61. The van der Waals surface area contributed by atoms with Crippen molar-refractivity contribution in [1.29, 1.82) is 0 Å². The van der Waals surface area contributed by atoms with Gasteiger partial charge in [0.1, 0.15) is 11.5 Å². The summed E-state index contributed by atoms with van der Waals surface area (Å²) in [7, 11) is 14.0. The second-order valence-corrected chi connectivity index (χ2v) is 19.2. The lowest BCUT2D eigenvalue weighted by Gasteiger charge is -2.38. The SMILES string of the molecule is C=C1CC(=C)N(C)C(=C)N1C.C=C1CC(=C)c2c1c(C)c1ccccc1c2C.C=C1CC(C)=[N+](C)C(=C)N1C.C=C1CSC(=C)N1C.C=C1S/C(=C2\SCC(=C)N2C)C(=C)N1C.CC. The Labute approximate surface area is 400 Å². The Hall–Kier alpha value is -5.16. The quantitative estimate of drug-likeness (QED) is 0.239. The van der Waals surface area contributed by atoms with Gasteiger partial charge in [0, 0.05) is 76.0 Å². The van der Waals surface area contributed by atoms with Crippen molar-refractivity contribution in [3.63, 3.8) is 0 Å². The van der Waals surface area contributed by atoms with Crippen LogP contribution in [0.5, 0.6) is 0 Å². The van der Waals surface area contributed by atoms with Crippen LogP contribution in [-0.2, 0) is 0 Å². The number of hydrogen-bond acceptors (Lipinski definition) is 9. The molecule has 4 saturated heterocycles. The largest absolute Gasteiger partial charge is 0.343 e. The number of fused-ring (bicyclic) bond motifs is 2. The molecule has 0 spiro atoms. The molecule has 0 bridgehead atoms. The van der Waals surface area contributed by atoms with E-state index in [9.17, 15) is 0 Å². The molecule has 0 amide bonds. The molecule has 0 radical (unpaired) electrons. The molecule has 0 aromatic heterocycles. The van der Waals surface area contributed by atoms with Gasteiger partial charge in [-0.15, -0.1) is 23.5 Å². The molecule has 2 aromatic carbocycles. The molecule has 5 heterocycles. The maximum absolute atomic E-state index is 4.19. The highest BCUT2D eigenvalue weighted by molar-refractivity contribution is 8.09. The summed E-state index contributed by atoms with van der Waals surface area (Å²) < 4.78 is 2.09. The van der Waals surface area contributed by atoms with Crippen molar-refractivity contribution in [2.24, 2.45) is 0 Å². The van der Waals surface area contributed by atoms with Gasteiger partial charge >= 0.3 is 0 Å². The monoisotopic (exact) mass is 917 g/mol. The normalized spacial score (nSPS) is 19.6. The van der Waals surface area contributed by atoms with Gasteiger partial charge in [0.05, 0.1) is 51.9 Å². The van der Waals surface area contributed by atoms with Gasteiger partial charge in [-0.1, -0.05) is 122 Å². The number of likely N-dealkylation sites (N-methyl/N-ethyl adjacent to an activating group) is 1. The van der Waals surface area contributed by atoms with Gasteiger partial charge in [0.15, 0.2) is 0 Å².